The molecular formula is C14H8ClF3O. The van der Waals surface area contributed by atoms with Crippen LogP contribution in [0.5, 0.6) is 0 Å². The van der Waals surface area contributed by atoms with E-state index in [0.29, 0.717) is 11.1 Å². The van der Waals surface area contributed by atoms with E-state index in [4.69, 9.17) is 11.6 Å². The molecule has 0 aliphatic rings. The lowest BCUT2D eigenvalue weighted by molar-refractivity contribution is -0.137. The van der Waals surface area contributed by atoms with Gasteiger partial charge in [-0.15, -0.1) is 0 Å². The zero-order valence-corrected chi connectivity index (χ0v) is 10.3. The van der Waals surface area contributed by atoms with Crippen LogP contribution in [0.15, 0.2) is 48.5 Å². The molecule has 2 aromatic carbocycles. The molecule has 0 aliphatic carbocycles. The lowest BCUT2D eigenvalue weighted by Gasteiger charge is -2.11. The fourth-order valence-electron chi connectivity index (χ4n) is 1.70. The summed E-state index contributed by atoms with van der Waals surface area (Å²) < 4.78 is 38.3. The Labute approximate surface area is 112 Å². The van der Waals surface area contributed by atoms with Gasteiger partial charge in [0.2, 0.25) is 0 Å². The summed E-state index contributed by atoms with van der Waals surface area (Å²) in [5.41, 5.74) is -0.166. The minimum atomic E-state index is -4.52. The average molecular weight is 285 g/mol. The summed E-state index contributed by atoms with van der Waals surface area (Å²) in [6, 6.07) is 11.6. The lowest BCUT2D eigenvalue weighted by Crippen LogP contribution is -2.06. The molecule has 0 unspecified atom stereocenters. The van der Waals surface area contributed by atoms with Crippen LogP contribution in [-0.4, -0.2) is 5.24 Å². The van der Waals surface area contributed by atoms with Crippen LogP contribution in [-0.2, 0) is 6.18 Å². The molecule has 0 fully saturated rings. The zero-order chi connectivity index (χ0) is 14.0. The number of alkyl halides is 3. The van der Waals surface area contributed by atoms with E-state index in [-0.39, 0.29) is 5.56 Å². The Balaban J connectivity index is 2.62. The standard InChI is InChI=1S/C14H8ClF3O/c15-13(19)11-6-10(9-4-2-1-3-5-9)7-12(8-11)14(16,17)18/h1-8H. The van der Waals surface area contributed by atoms with Crippen LogP contribution >= 0.6 is 11.6 Å². The van der Waals surface area contributed by atoms with Gasteiger partial charge in [-0.05, 0) is 40.9 Å². The predicted molar refractivity (Wildman–Crippen MR) is 67.1 cm³/mol. The average Bonchev–Trinajstić information content (AvgIpc) is 2.38. The molecule has 0 saturated heterocycles. The number of carbonyl (C=O) groups excluding carboxylic acids is 1. The molecule has 0 aromatic heterocycles. The van der Waals surface area contributed by atoms with Gasteiger partial charge < -0.3 is 0 Å². The molecule has 0 amide bonds. The molecule has 0 bridgehead atoms. The van der Waals surface area contributed by atoms with Crippen molar-refractivity contribution < 1.29 is 18.0 Å². The van der Waals surface area contributed by atoms with Crippen molar-refractivity contribution in [1.82, 2.24) is 0 Å². The fourth-order valence-corrected chi connectivity index (χ4v) is 1.81. The van der Waals surface area contributed by atoms with E-state index in [0.717, 1.165) is 12.1 Å². The van der Waals surface area contributed by atoms with Crippen molar-refractivity contribution in [3.8, 4) is 11.1 Å². The summed E-state index contributed by atoms with van der Waals surface area (Å²) in [5.74, 6) is 0. The normalized spacial score (nSPS) is 11.4. The van der Waals surface area contributed by atoms with E-state index in [1.54, 1.807) is 30.3 Å². The first-order chi connectivity index (χ1) is 8.88. The molecule has 1 nitrogen and oxygen atoms in total. The molecular weight excluding hydrogens is 277 g/mol. The van der Waals surface area contributed by atoms with Crippen LogP contribution in [0.2, 0.25) is 0 Å². The van der Waals surface area contributed by atoms with Crippen LogP contribution in [0.4, 0.5) is 13.2 Å². The molecule has 0 heterocycles. The summed E-state index contributed by atoms with van der Waals surface area (Å²) in [6.07, 6.45) is -4.52. The summed E-state index contributed by atoms with van der Waals surface area (Å²) in [6.45, 7) is 0. The highest BCUT2D eigenvalue weighted by Crippen LogP contribution is 2.33. The first kappa shape index (κ1) is 13.6. The molecule has 19 heavy (non-hydrogen) atoms. The van der Waals surface area contributed by atoms with Crippen LogP contribution in [0.3, 0.4) is 0 Å². The van der Waals surface area contributed by atoms with Crippen molar-refractivity contribution in [3.63, 3.8) is 0 Å². The third-order valence-electron chi connectivity index (χ3n) is 2.59. The van der Waals surface area contributed by atoms with Crippen LogP contribution < -0.4 is 0 Å². The van der Waals surface area contributed by atoms with E-state index in [9.17, 15) is 18.0 Å². The molecule has 0 atom stereocenters. The Morgan fingerprint density at radius 1 is 0.947 bits per heavy atom. The molecule has 98 valence electrons. The number of halogens is 4. The predicted octanol–water partition coefficient (Wildman–Crippen LogP) is 4.75. The quantitative estimate of drug-likeness (QED) is 0.727. The van der Waals surface area contributed by atoms with Crippen molar-refractivity contribution in [2.24, 2.45) is 0 Å². The summed E-state index contributed by atoms with van der Waals surface area (Å²) in [4.78, 5) is 11.1. The molecule has 0 radical (unpaired) electrons. The molecule has 5 heteroatoms. The largest absolute Gasteiger partial charge is 0.416 e. The number of hydrogen-bond acceptors (Lipinski definition) is 1. The summed E-state index contributed by atoms with van der Waals surface area (Å²) in [5, 5.41) is -0.914. The molecule has 0 saturated carbocycles. The van der Waals surface area contributed by atoms with Crippen molar-refractivity contribution in [3.05, 3.63) is 59.7 Å². The lowest BCUT2D eigenvalue weighted by atomic mass is 10.00. The maximum atomic E-state index is 12.8. The fraction of sp³-hybridized carbons (Fsp3) is 0.0714. The van der Waals surface area contributed by atoms with Crippen LogP contribution in [0, 0.1) is 0 Å². The van der Waals surface area contributed by atoms with E-state index in [1.165, 1.54) is 6.07 Å². The number of rotatable bonds is 2. The molecule has 2 rings (SSSR count). The maximum Gasteiger partial charge on any atom is 0.416 e. The van der Waals surface area contributed by atoms with Gasteiger partial charge in [0.05, 0.1) is 5.56 Å². The highest BCUT2D eigenvalue weighted by atomic mass is 35.5. The monoisotopic (exact) mass is 284 g/mol. The Hall–Kier alpha value is -1.81. The van der Waals surface area contributed by atoms with Gasteiger partial charge in [-0.2, -0.15) is 13.2 Å². The van der Waals surface area contributed by atoms with Gasteiger partial charge in [0.1, 0.15) is 0 Å². The Morgan fingerprint density at radius 3 is 2.11 bits per heavy atom. The van der Waals surface area contributed by atoms with E-state index < -0.39 is 17.0 Å². The second-order valence-corrected chi connectivity index (χ2v) is 4.28. The van der Waals surface area contributed by atoms with Gasteiger partial charge in [-0.3, -0.25) is 4.79 Å². The first-order valence-electron chi connectivity index (χ1n) is 5.35. The minimum absolute atomic E-state index is 0.171. The van der Waals surface area contributed by atoms with Gasteiger partial charge in [0, 0.05) is 5.56 Å². The van der Waals surface area contributed by atoms with Crippen LogP contribution in [0.1, 0.15) is 15.9 Å². The Morgan fingerprint density at radius 2 is 1.58 bits per heavy atom. The number of carbonyl (C=O) groups is 1. The van der Waals surface area contributed by atoms with Gasteiger partial charge in [-0.1, -0.05) is 30.3 Å². The highest BCUT2D eigenvalue weighted by Gasteiger charge is 2.31. The first-order valence-corrected chi connectivity index (χ1v) is 5.73. The third-order valence-corrected chi connectivity index (χ3v) is 2.81. The highest BCUT2D eigenvalue weighted by molar-refractivity contribution is 6.67. The van der Waals surface area contributed by atoms with Gasteiger partial charge >= 0.3 is 6.18 Å². The topological polar surface area (TPSA) is 17.1 Å². The van der Waals surface area contributed by atoms with E-state index >= 15 is 0 Å². The van der Waals surface area contributed by atoms with Gasteiger partial charge in [0.25, 0.3) is 5.24 Å². The van der Waals surface area contributed by atoms with Crippen molar-refractivity contribution >= 4 is 16.8 Å². The summed E-state index contributed by atoms with van der Waals surface area (Å²) in [7, 11) is 0. The van der Waals surface area contributed by atoms with Crippen molar-refractivity contribution in [2.75, 3.05) is 0 Å². The SMILES string of the molecule is O=C(Cl)c1cc(-c2ccccc2)cc(C(F)(F)F)c1. The maximum absolute atomic E-state index is 12.8. The van der Waals surface area contributed by atoms with E-state index in [2.05, 4.69) is 0 Å². The molecule has 0 N–H and O–H groups in total. The molecule has 0 spiro atoms. The van der Waals surface area contributed by atoms with Crippen molar-refractivity contribution in [1.29, 1.82) is 0 Å². The summed E-state index contributed by atoms with van der Waals surface area (Å²) >= 11 is 5.28. The van der Waals surface area contributed by atoms with Gasteiger partial charge in [0.15, 0.2) is 0 Å². The smallest absolute Gasteiger partial charge is 0.276 e. The zero-order valence-electron chi connectivity index (χ0n) is 9.54. The number of hydrogen-bond donors (Lipinski definition) is 0. The second-order valence-electron chi connectivity index (χ2n) is 3.94. The number of benzene rings is 2. The third kappa shape index (κ3) is 3.15. The Kier molecular flexibility index (Phi) is 3.62. The minimum Gasteiger partial charge on any atom is -0.276 e. The Bertz CT molecular complexity index is 606. The molecule has 0 aliphatic heterocycles. The second kappa shape index (κ2) is 5.05. The molecule has 2 aromatic rings. The van der Waals surface area contributed by atoms with E-state index in [1.807, 2.05) is 0 Å². The van der Waals surface area contributed by atoms with Gasteiger partial charge in [-0.25, -0.2) is 0 Å². The van der Waals surface area contributed by atoms with Crippen molar-refractivity contribution in [2.45, 2.75) is 6.18 Å². The van der Waals surface area contributed by atoms with Crippen LogP contribution in [0.25, 0.3) is 11.1 Å².